The van der Waals surface area contributed by atoms with Crippen LogP contribution in [-0.2, 0) is 11.2 Å². The third kappa shape index (κ3) is 4.46. The highest BCUT2D eigenvalue weighted by molar-refractivity contribution is 5.79. The number of carbonyl (C=O) groups is 1. The minimum Gasteiger partial charge on any atom is -0.345 e. The first-order chi connectivity index (χ1) is 12.0. The molecule has 2 heterocycles. The maximum absolute atomic E-state index is 12.7. The topological polar surface area (TPSA) is 89.9 Å². The van der Waals surface area contributed by atoms with Crippen LogP contribution in [0.4, 0.5) is 0 Å². The maximum Gasteiger partial charge on any atom is 0.251 e. The lowest BCUT2D eigenvalue weighted by molar-refractivity contribution is -0.130. The number of rotatable bonds is 6. The smallest absolute Gasteiger partial charge is 0.251 e. The number of nitrogens with two attached hydrogens (primary N) is 1. The predicted octanol–water partition coefficient (Wildman–Crippen LogP) is 1.88. The number of amides is 1. The van der Waals surface area contributed by atoms with Crippen molar-refractivity contribution in [2.24, 2.45) is 11.1 Å². The highest BCUT2D eigenvalue weighted by atomic mass is 16.2. The summed E-state index contributed by atoms with van der Waals surface area (Å²) in [6.45, 7) is 13.0. The number of likely N-dealkylation sites (N-methyl/N-ethyl adjacent to an activating group) is 1. The van der Waals surface area contributed by atoms with Crippen LogP contribution < -0.4 is 5.73 Å². The predicted molar refractivity (Wildman–Crippen MR) is 102 cm³/mol. The van der Waals surface area contributed by atoms with Gasteiger partial charge in [0.25, 0.3) is 5.95 Å². The molecule has 0 aromatic carbocycles. The van der Waals surface area contributed by atoms with Crippen LogP contribution in [-0.4, -0.2) is 50.7 Å². The van der Waals surface area contributed by atoms with Crippen LogP contribution in [0.1, 0.15) is 42.2 Å². The van der Waals surface area contributed by atoms with Crippen LogP contribution in [0.2, 0.25) is 0 Å². The number of aromatic nitrogens is 4. The Morgan fingerprint density at radius 2 is 1.77 bits per heavy atom. The summed E-state index contributed by atoms with van der Waals surface area (Å²) in [6.07, 6.45) is 0.305. The molecule has 0 atom stereocenters. The van der Waals surface area contributed by atoms with Gasteiger partial charge in [0.1, 0.15) is 0 Å². The van der Waals surface area contributed by atoms with Crippen molar-refractivity contribution in [3.8, 4) is 5.95 Å². The normalized spacial score (nSPS) is 11.7. The Balaban J connectivity index is 2.26. The van der Waals surface area contributed by atoms with Crippen molar-refractivity contribution in [3.63, 3.8) is 0 Å². The molecule has 0 aliphatic carbocycles. The first kappa shape index (κ1) is 20.0. The Bertz CT molecular complexity index is 788. The number of carbonyl (C=O) groups excluding carboxylic acids is 1. The number of hydrogen-bond acceptors (Lipinski definition) is 5. The molecule has 2 aromatic rings. The molecule has 0 saturated heterocycles. The van der Waals surface area contributed by atoms with Gasteiger partial charge in [0.05, 0.1) is 12.1 Å². The lowest BCUT2D eigenvalue weighted by atomic mass is 9.93. The molecular formula is C19H30N6O. The van der Waals surface area contributed by atoms with Crippen LogP contribution in [0.3, 0.4) is 0 Å². The average molecular weight is 358 g/mol. The number of hydrogen-bond donors (Lipinski definition) is 1. The van der Waals surface area contributed by atoms with Crippen molar-refractivity contribution in [2.45, 2.75) is 48.0 Å². The number of nitrogens with zero attached hydrogens (tertiary/aromatic N) is 5. The molecule has 7 heteroatoms. The molecule has 26 heavy (non-hydrogen) atoms. The van der Waals surface area contributed by atoms with E-state index < -0.39 is 0 Å². The Kier molecular flexibility index (Phi) is 5.81. The molecule has 0 radical (unpaired) electrons. The second-order valence-corrected chi connectivity index (χ2v) is 7.81. The first-order valence-corrected chi connectivity index (χ1v) is 8.86. The fourth-order valence-electron chi connectivity index (χ4n) is 3.01. The van der Waals surface area contributed by atoms with Crippen LogP contribution in [0.5, 0.6) is 0 Å². The molecule has 2 aromatic heterocycles. The van der Waals surface area contributed by atoms with E-state index >= 15 is 0 Å². The fourth-order valence-corrected chi connectivity index (χ4v) is 3.01. The first-order valence-electron chi connectivity index (χ1n) is 8.86. The average Bonchev–Trinajstić information content (AvgIpc) is 2.81. The zero-order valence-electron chi connectivity index (χ0n) is 16.9. The summed E-state index contributed by atoms with van der Waals surface area (Å²) in [7, 11) is 1.82. The van der Waals surface area contributed by atoms with Crippen LogP contribution in [0.25, 0.3) is 5.95 Å². The van der Waals surface area contributed by atoms with E-state index in [2.05, 4.69) is 28.9 Å². The van der Waals surface area contributed by atoms with E-state index in [1.54, 1.807) is 9.58 Å². The summed E-state index contributed by atoms with van der Waals surface area (Å²) in [4.78, 5) is 23.4. The Morgan fingerprint density at radius 3 is 2.31 bits per heavy atom. The van der Waals surface area contributed by atoms with E-state index in [1.165, 1.54) is 0 Å². The zero-order valence-corrected chi connectivity index (χ0v) is 16.9. The lowest BCUT2D eigenvalue weighted by Gasteiger charge is -2.29. The van der Waals surface area contributed by atoms with E-state index in [1.807, 2.05) is 40.8 Å². The van der Waals surface area contributed by atoms with E-state index in [-0.39, 0.29) is 11.3 Å². The number of aryl methyl sites for hydroxylation is 3. The summed E-state index contributed by atoms with van der Waals surface area (Å²) in [5.74, 6) is 0.595. The van der Waals surface area contributed by atoms with Gasteiger partial charge in [-0.3, -0.25) is 4.79 Å². The van der Waals surface area contributed by atoms with Crippen molar-refractivity contribution in [3.05, 3.63) is 34.4 Å². The third-order valence-corrected chi connectivity index (χ3v) is 4.57. The van der Waals surface area contributed by atoms with Crippen LogP contribution >= 0.6 is 0 Å². The highest BCUT2D eigenvalue weighted by Gasteiger charge is 2.23. The van der Waals surface area contributed by atoms with Gasteiger partial charge in [-0.25, -0.2) is 14.6 Å². The fraction of sp³-hybridized carbons (Fsp3) is 0.579. The molecule has 2 rings (SSSR count). The van der Waals surface area contributed by atoms with Gasteiger partial charge in [-0.1, -0.05) is 13.8 Å². The summed E-state index contributed by atoms with van der Waals surface area (Å²) in [5, 5.41) is 4.57. The standard InChI is InChI=1S/C19H30N6O/c1-12-8-13(2)22-18(21-12)25-15(4)16(14(3)23-25)9-17(26)24(7)11-19(5,6)10-20/h8H,9-11,20H2,1-7H3. The minimum atomic E-state index is -0.106. The van der Waals surface area contributed by atoms with Crippen molar-refractivity contribution in [1.29, 1.82) is 0 Å². The molecule has 0 spiro atoms. The molecule has 2 N–H and O–H groups in total. The zero-order chi connectivity index (χ0) is 19.6. The highest BCUT2D eigenvalue weighted by Crippen LogP contribution is 2.19. The molecule has 142 valence electrons. The van der Waals surface area contributed by atoms with E-state index in [9.17, 15) is 4.79 Å². The molecule has 0 aliphatic heterocycles. The van der Waals surface area contributed by atoms with E-state index in [4.69, 9.17) is 5.73 Å². The molecule has 0 bridgehead atoms. The van der Waals surface area contributed by atoms with E-state index in [0.717, 1.165) is 28.3 Å². The van der Waals surface area contributed by atoms with Gasteiger partial charge in [0, 0.05) is 36.2 Å². The van der Waals surface area contributed by atoms with Gasteiger partial charge in [-0.05, 0) is 45.7 Å². The summed E-state index contributed by atoms with van der Waals surface area (Å²) in [5.41, 5.74) is 10.1. The second-order valence-electron chi connectivity index (χ2n) is 7.81. The summed E-state index contributed by atoms with van der Waals surface area (Å²) < 4.78 is 1.72. The Labute approximate surface area is 155 Å². The van der Waals surface area contributed by atoms with Crippen LogP contribution in [0.15, 0.2) is 6.07 Å². The molecule has 0 saturated carbocycles. The van der Waals surface area contributed by atoms with Crippen molar-refractivity contribution in [2.75, 3.05) is 20.1 Å². The molecular weight excluding hydrogens is 328 g/mol. The van der Waals surface area contributed by atoms with Gasteiger partial charge in [-0.15, -0.1) is 0 Å². The monoisotopic (exact) mass is 358 g/mol. The third-order valence-electron chi connectivity index (χ3n) is 4.57. The Morgan fingerprint density at radius 1 is 1.19 bits per heavy atom. The van der Waals surface area contributed by atoms with Gasteiger partial charge in [-0.2, -0.15) is 5.10 Å². The summed E-state index contributed by atoms with van der Waals surface area (Å²) >= 11 is 0. The summed E-state index contributed by atoms with van der Waals surface area (Å²) in [6, 6.07) is 1.92. The van der Waals surface area contributed by atoms with Gasteiger partial charge >= 0.3 is 0 Å². The van der Waals surface area contributed by atoms with Gasteiger partial charge < -0.3 is 10.6 Å². The second kappa shape index (κ2) is 7.53. The maximum atomic E-state index is 12.7. The molecule has 1 amide bonds. The Hall–Kier alpha value is -2.28. The quantitative estimate of drug-likeness (QED) is 0.851. The molecule has 0 aliphatic rings. The molecule has 7 nitrogen and oxygen atoms in total. The van der Waals surface area contributed by atoms with Crippen molar-refractivity contribution < 1.29 is 4.79 Å². The van der Waals surface area contributed by atoms with Crippen molar-refractivity contribution >= 4 is 5.91 Å². The van der Waals surface area contributed by atoms with Gasteiger partial charge in [0.15, 0.2) is 0 Å². The lowest BCUT2D eigenvalue weighted by Crippen LogP contribution is -2.40. The van der Waals surface area contributed by atoms with E-state index in [0.29, 0.717) is 25.5 Å². The SMILES string of the molecule is Cc1cc(C)nc(-n2nc(C)c(CC(=O)N(C)CC(C)(C)CN)c2C)n1. The minimum absolute atomic E-state index is 0.0543. The molecule has 0 fully saturated rings. The molecule has 0 unspecified atom stereocenters. The van der Waals surface area contributed by atoms with Gasteiger partial charge in [0.2, 0.25) is 5.91 Å². The van der Waals surface area contributed by atoms with Crippen molar-refractivity contribution in [1.82, 2.24) is 24.6 Å². The van der Waals surface area contributed by atoms with Crippen LogP contribution in [0, 0.1) is 33.1 Å². The largest absolute Gasteiger partial charge is 0.345 e.